The number of hydrogen-bond donors (Lipinski definition) is 3. The molecule has 2 atom stereocenters. The number of carboxylic acid groups (broad SMARTS) is 1. The molecule has 0 unspecified atom stereocenters. The Morgan fingerprint density at radius 2 is 1.89 bits per heavy atom. The lowest BCUT2D eigenvalue weighted by molar-refractivity contribution is -0.137. The van der Waals surface area contributed by atoms with Gasteiger partial charge in [0.25, 0.3) is 5.91 Å². The van der Waals surface area contributed by atoms with Gasteiger partial charge in [-0.1, -0.05) is 29.7 Å². The van der Waals surface area contributed by atoms with E-state index in [4.69, 9.17) is 9.84 Å². The average Bonchev–Trinajstić information content (AvgIpc) is 3.10. The molecule has 0 bridgehead atoms. The van der Waals surface area contributed by atoms with Gasteiger partial charge in [0.1, 0.15) is 17.1 Å². The third-order valence-electron chi connectivity index (χ3n) is 7.31. The molecule has 1 aromatic carbocycles. The Hall–Kier alpha value is -2.80. The van der Waals surface area contributed by atoms with Crippen LogP contribution < -0.4 is 4.74 Å². The Balaban J connectivity index is 1.69. The van der Waals surface area contributed by atoms with E-state index in [1.54, 1.807) is 4.90 Å². The molecule has 3 rings (SSSR count). The number of nitrogens with zero attached hydrogens (tertiary/aromatic N) is 1. The first-order chi connectivity index (χ1) is 17.0. The number of aromatic hydroxyl groups is 1. The Morgan fingerprint density at radius 3 is 2.58 bits per heavy atom. The molecule has 0 aliphatic carbocycles. The van der Waals surface area contributed by atoms with Crippen LogP contribution in [0.15, 0.2) is 29.4 Å². The molecule has 36 heavy (non-hydrogen) atoms. The minimum atomic E-state index is -0.821. The number of phenols is 1. The van der Waals surface area contributed by atoms with Gasteiger partial charge in [0.2, 0.25) is 0 Å². The molecule has 0 radical (unpaired) electrons. The molecule has 0 saturated heterocycles. The van der Waals surface area contributed by atoms with E-state index in [9.17, 15) is 19.8 Å². The van der Waals surface area contributed by atoms with E-state index in [0.29, 0.717) is 42.8 Å². The molecule has 1 amide bonds. The molecule has 7 heteroatoms. The summed E-state index contributed by atoms with van der Waals surface area (Å²) in [6.45, 7) is 9.15. The molecule has 0 aromatic heterocycles. The van der Waals surface area contributed by atoms with Gasteiger partial charge in [0.05, 0.1) is 18.2 Å². The third kappa shape index (κ3) is 6.69. The van der Waals surface area contributed by atoms with Gasteiger partial charge in [-0.2, -0.15) is 0 Å². The van der Waals surface area contributed by atoms with Crippen LogP contribution in [0.4, 0.5) is 0 Å². The molecule has 0 fully saturated rings. The third-order valence-corrected chi connectivity index (χ3v) is 7.31. The second-order valence-electron chi connectivity index (χ2n) is 10.7. The normalized spacial score (nSPS) is 21.1. The van der Waals surface area contributed by atoms with E-state index >= 15 is 0 Å². The number of fused-ring (bicyclic) bond motifs is 3. The Bertz CT molecular complexity index is 1040. The highest BCUT2D eigenvalue weighted by Crippen LogP contribution is 2.46. The van der Waals surface area contributed by atoms with Crippen LogP contribution in [0.3, 0.4) is 0 Å². The summed E-state index contributed by atoms with van der Waals surface area (Å²) in [7, 11) is 0. The van der Waals surface area contributed by atoms with Crippen LogP contribution in [0.1, 0.15) is 101 Å². The second-order valence-corrected chi connectivity index (χ2v) is 10.7. The molecular formula is C29H41NO6. The van der Waals surface area contributed by atoms with Crippen molar-refractivity contribution in [1.29, 1.82) is 0 Å². The minimum absolute atomic E-state index is 0.0171. The molecule has 0 saturated carbocycles. The van der Waals surface area contributed by atoms with Gasteiger partial charge in [0.15, 0.2) is 0 Å². The van der Waals surface area contributed by atoms with Crippen molar-refractivity contribution in [2.75, 3.05) is 6.54 Å². The van der Waals surface area contributed by atoms with E-state index < -0.39 is 17.7 Å². The Kier molecular flexibility index (Phi) is 9.23. The van der Waals surface area contributed by atoms with Gasteiger partial charge in [0, 0.05) is 30.5 Å². The maximum atomic E-state index is 13.0. The van der Waals surface area contributed by atoms with Crippen LogP contribution in [0.25, 0.3) is 0 Å². The van der Waals surface area contributed by atoms with Crippen LogP contribution in [0.2, 0.25) is 0 Å². The zero-order valence-corrected chi connectivity index (χ0v) is 22.1. The number of aliphatic hydroxyl groups excluding tert-OH is 1. The topological polar surface area (TPSA) is 107 Å². The lowest BCUT2D eigenvalue weighted by Gasteiger charge is -2.40. The fraction of sp³-hybridized carbons (Fsp3) is 0.586. The highest BCUT2D eigenvalue weighted by Gasteiger charge is 2.44. The molecule has 2 heterocycles. The number of amides is 1. The zero-order valence-electron chi connectivity index (χ0n) is 22.1. The predicted octanol–water partition coefficient (Wildman–Crippen LogP) is 5.52. The second kappa shape index (κ2) is 12.0. The number of rotatable bonds is 12. The molecule has 0 spiro atoms. The van der Waals surface area contributed by atoms with Crippen molar-refractivity contribution in [2.24, 2.45) is 0 Å². The van der Waals surface area contributed by atoms with Gasteiger partial charge in [-0.05, 0) is 72.3 Å². The van der Waals surface area contributed by atoms with Gasteiger partial charge in [-0.3, -0.25) is 9.59 Å². The largest absolute Gasteiger partial charge is 0.508 e. The summed E-state index contributed by atoms with van der Waals surface area (Å²) in [5.74, 6) is -0.438. The lowest BCUT2D eigenvalue weighted by Crippen LogP contribution is -2.49. The summed E-state index contributed by atoms with van der Waals surface area (Å²) in [5, 5.41) is 30.4. The van der Waals surface area contributed by atoms with Crippen LogP contribution in [-0.2, 0) is 17.8 Å². The van der Waals surface area contributed by atoms with Crippen molar-refractivity contribution < 1.29 is 29.6 Å². The maximum Gasteiger partial charge on any atom is 0.303 e. The Labute approximate surface area is 214 Å². The molecule has 2 aliphatic heterocycles. The standard InChI is InChI=1S/C29H41NO6/c1-19(2)10-8-11-20(3)12-9-14-29(4)25(32)17-22-24(31)16-21-23(27(22)36-29)18-30(28(21)35)15-7-5-6-13-26(33)34/h10,12,16,25,31-32H,5-9,11,13-15,17-18H2,1-4H3,(H,33,34)/b20-12+/t25-,29-/m0/s1. The number of carbonyl (C=O) groups excluding carboxylic acids is 1. The number of aliphatic carboxylic acids is 1. The summed E-state index contributed by atoms with van der Waals surface area (Å²) >= 11 is 0. The fourth-order valence-electron chi connectivity index (χ4n) is 4.99. The number of ether oxygens (including phenoxy) is 1. The predicted molar refractivity (Wildman–Crippen MR) is 139 cm³/mol. The molecule has 1 aromatic rings. The monoisotopic (exact) mass is 499 g/mol. The number of aliphatic hydroxyl groups is 1. The molecule has 3 N–H and O–H groups in total. The van der Waals surface area contributed by atoms with Crippen molar-refractivity contribution in [3.8, 4) is 11.5 Å². The van der Waals surface area contributed by atoms with Gasteiger partial charge < -0.3 is 25.0 Å². The first-order valence-corrected chi connectivity index (χ1v) is 13.1. The molecule has 2 aliphatic rings. The number of carbonyl (C=O) groups is 2. The van der Waals surface area contributed by atoms with Crippen molar-refractivity contribution in [1.82, 2.24) is 4.90 Å². The minimum Gasteiger partial charge on any atom is -0.508 e. The number of allylic oxidation sites excluding steroid dienone is 4. The van der Waals surface area contributed by atoms with Crippen molar-refractivity contribution in [2.45, 2.75) is 104 Å². The highest BCUT2D eigenvalue weighted by molar-refractivity contribution is 6.00. The maximum absolute atomic E-state index is 13.0. The van der Waals surface area contributed by atoms with Crippen LogP contribution in [0, 0.1) is 0 Å². The summed E-state index contributed by atoms with van der Waals surface area (Å²) in [5.41, 5.74) is 3.58. The van der Waals surface area contributed by atoms with Crippen LogP contribution in [0.5, 0.6) is 11.5 Å². The number of phenolic OH excluding ortho intramolecular Hbond substituents is 1. The summed E-state index contributed by atoms with van der Waals surface area (Å²) in [4.78, 5) is 25.4. The van der Waals surface area contributed by atoms with Gasteiger partial charge >= 0.3 is 5.97 Å². The number of carboxylic acids is 1. The summed E-state index contributed by atoms with van der Waals surface area (Å²) in [6.07, 6.45) is 9.54. The van der Waals surface area contributed by atoms with E-state index in [1.165, 1.54) is 17.2 Å². The van der Waals surface area contributed by atoms with Gasteiger partial charge in [-0.25, -0.2) is 0 Å². The summed E-state index contributed by atoms with van der Waals surface area (Å²) in [6, 6.07) is 1.50. The molecule has 198 valence electrons. The smallest absolute Gasteiger partial charge is 0.303 e. The zero-order chi connectivity index (χ0) is 26.5. The van der Waals surface area contributed by atoms with E-state index in [2.05, 4.69) is 32.9 Å². The SMILES string of the molecule is CC(C)=CCC/C(C)=C/CC[C@]1(C)Oc2c(c(O)cc3c2CN(CCCCCC(=O)O)C3=O)C[C@@H]1O. The van der Waals surface area contributed by atoms with E-state index in [-0.39, 0.29) is 24.5 Å². The summed E-state index contributed by atoms with van der Waals surface area (Å²) < 4.78 is 6.42. The number of hydrogen-bond acceptors (Lipinski definition) is 5. The van der Waals surface area contributed by atoms with Crippen LogP contribution in [-0.4, -0.2) is 50.3 Å². The first-order valence-electron chi connectivity index (χ1n) is 13.1. The van der Waals surface area contributed by atoms with Crippen molar-refractivity contribution >= 4 is 11.9 Å². The van der Waals surface area contributed by atoms with Gasteiger partial charge in [-0.15, -0.1) is 0 Å². The molecular weight excluding hydrogens is 458 g/mol. The highest BCUT2D eigenvalue weighted by atomic mass is 16.5. The number of unbranched alkanes of at least 4 members (excludes halogenated alkanes) is 2. The van der Waals surface area contributed by atoms with Crippen LogP contribution >= 0.6 is 0 Å². The average molecular weight is 500 g/mol. The van der Waals surface area contributed by atoms with Crippen molar-refractivity contribution in [3.05, 3.63) is 46.1 Å². The Morgan fingerprint density at radius 1 is 1.14 bits per heavy atom. The van der Waals surface area contributed by atoms with Crippen molar-refractivity contribution in [3.63, 3.8) is 0 Å². The fourth-order valence-corrected chi connectivity index (χ4v) is 4.99. The van der Waals surface area contributed by atoms with E-state index in [1.807, 2.05) is 6.92 Å². The van der Waals surface area contributed by atoms with E-state index in [0.717, 1.165) is 37.7 Å². The lowest BCUT2D eigenvalue weighted by atomic mass is 9.84. The molecule has 7 nitrogen and oxygen atoms in total. The quantitative estimate of drug-likeness (QED) is 0.258. The first kappa shape index (κ1) is 27.8. The number of benzene rings is 1.